The molecule has 1 atom stereocenters. The lowest BCUT2D eigenvalue weighted by Crippen LogP contribution is -2.36. The van der Waals surface area contributed by atoms with E-state index in [0.717, 1.165) is 29.9 Å². The highest BCUT2D eigenvalue weighted by Crippen LogP contribution is 2.16. The van der Waals surface area contributed by atoms with Crippen molar-refractivity contribution in [2.45, 2.75) is 32.9 Å². The molecular weight excluding hydrogens is 256 g/mol. The summed E-state index contributed by atoms with van der Waals surface area (Å²) in [5.41, 5.74) is 1.16. The van der Waals surface area contributed by atoms with E-state index >= 15 is 0 Å². The lowest BCUT2D eigenvalue weighted by molar-refractivity contribution is 0.492. The molecule has 0 saturated heterocycles. The Hall–Kier alpha value is -0.320. The minimum absolute atomic E-state index is 0.471. The van der Waals surface area contributed by atoms with E-state index in [9.17, 15) is 0 Å². The van der Waals surface area contributed by atoms with Crippen LogP contribution in [0.15, 0.2) is 21.4 Å². The maximum atomic E-state index is 5.16. The van der Waals surface area contributed by atoms with Gasteiger partial charge in [-0.25, -0.2) is 0 Å². The van der Waals surface area contributed by atoms with Crippen LogP contribution < -0.4 is 10.6 Å². The van der Waals surface area contributed by atoms with Gasteiger partial charge >= 0.3 is 0 Å². The van der Waals surface area contributed by atoms with E-state index in [2.05, 4.69) is 40.4 Å². The second-order valence-corrected chi connectivity index (χ2v) is 4.43. The van der Waals surface area contributed by atoms with E-state index in [0.29, 0.717) is 6.04 Å². The smallest absolute Gasteiger partial charge is 0.173 e. The normalized spacial score (nSPS) is 13.0. The number of nitrogens with one attached hydrogen (secondary N) is 2. The van der Waals surface area contributed by atoms with Crippen molar-refractivity contribution < 1.29 is 4.42 Å². The van der Waals surface area contributed by atoms with Gasteiger partial charge in [-0.1, -0.05) is 6.92 Å². The van der Waals surface area contributed by atoms with Crippen LogP contribution in [0.25, 0.3) is 0 Å². The molecule has 0 aliphatic carbocycles. The van der Waals surface area contributed by atoms with Gasteiger partial charge in [0.25, 0.3) is 0 Å². The molecule has 0 aliphatic rings. The molecule has 0 fully saturated rings. The van der Waals surface area contributed by atoms with E-state index < -0.39 is 0 Å². The molecule has 1 unspecified atom stereocenters. The molecule has 0 amide bonds. The van der Waals surface area contributed by atoms with Crippen molar-refractivity contribution in [1.82, 2.24) is 10.6 Å². The summed E-state index contributed by atoms with van der Waals surface area (Å²) in [5.74, 6) is 0. The van der Waals surface area contributed by atoms with Gasteiger partial charge < -0.3 is 15.1 Å². The standard InChI is InChI=1S/C11H19BrN2O/c1-3-5-13-7-9(2)14-8-10-4-6-15-11(10)12/h4,6,9,13-14H,3,5,7-8H2,1-2H3. The Morgan fingerprint density at radius 3 is 2.93 bits per heavy atom. The van der Waals surface area contributed by atoms with Crippen LogP contribution in [0.3, 0.4) is 0 Å². The first-order valence-corrected chi connectivity index (χ1v) is 6.19. The predicted octanol–water partition coefficient (Wildman–Crippen LogP) is 2.52. The van der Waals surface area contributed by atoms with E-state index in [1.807, 2.05) is 6.07 Å². The SMILES string of the molecule is CCCNCC(C)NCc1ccoc1Br. The largest absolute Gasteiger partial charge is 0.457 e. The average Bonchev–Trinajstić information content (AvgIpc) is 2.61. The second kappa shape index (κ2) is 7.04. The third kappa shape index (κ3) is 4.82. The third-order valence-electron chi connectivity index (χ3n) is 2.21. The quantitative estimate of drug-likeness (QED) is 0.751. The van der Waals surface area contributed by atoms with Crippen molar-refractivity contribution in [3.8, 4) is 0 Å². The molecule has 3 nitrogen and oxygen atoms in total. The molecule has 0 bridgehead atoms. The number of hydrogen-bond donors (Lipinski definition) is 2. The number of hydrogen-bond acceptors (Lipinski definition) is 3. The zero-order valence-corrected chi connectivity index (χ0v) is 10.9. The number of rotatable bonds is 7. The first-order chi connectivity index (χ1) is 7.24. The van der Waals surface area contributed by atoms with Gasteiger partial charge in [-0.3, -0.25) is 0 Å². The predicted molar refractivity (Wildman–Crippen MR) is 65.9 cm³/mol. The van der Waals surface area contributed by atoms with Crippen LogP contribution in [0, 0.1) is 0 Å². The Kier molecular flexibility index (Phi) is 5.98. The van der Waals surface area contributed by atoms with E-state index in [4.69, 9.17) is 4.42 Å². The zero-order valence-electron chi connectivity index (χ0n) is 9.35. The molecule has 0 saturated carbocycles. The Bertz CT molecular complexity index is 275. The molecule has 1 aromatic rings. The molecule has 0 radical (unpaired) electrons. The van der Waals surface area contributed by atoms with Crippen LogP contribution in [-0.4, -0.2) is 19.1 Å². The summed E-state index contributed by atoms with van der Waals surface area (Å²) in [5, 5.41) is 6.81. The number of halogens is 1. The summed E-state index contributed by atoms with van der Waals surface area (Å²) in [4.78, 5) is 0. The first-order valence-electron chi connectivity index (χ1n) is 5.40. The van der Waals surface area contributed by atoms with E-state index in [-0.39, 0.29) is 0 Å². The Balaban J connectivity index is 2.16. The highest BCUT2D eigenvalue weighted by atomic mass is 79.9. The van der Waals surface area contributed by atoms with Gasteiger partial charge in [0.2, 0.25) is 0 Å². The van der Waals surface area contributed by atoms with Crippen molar-refractivity contribution in [2.24, 2.45) is 0 Å². The van der Waals surface area contributed by atoms with Crippen LogP contribution in [0.5, 0.6) is 0 Å². The fraction of sp³-hybridized carbons (Fsp3) is 0.636. The van der Waals surface area contributed by atoms with Gasteiger partial charge in [-0.2, -0.15) is 0 Å². The molecule has 4 heteroatoms. The lowest BCUT2D eigenvalue weighted by Gasteiger charge is -2.13. The Labute approximate surface area is 99.7 Å². The molecule has 1 heterocycles. The van der Waals surface area contributed by atoms with Gasteiger partial charge in [-0.05, 0) is 41.9 Å². The summed E-state index contributed by atoms with van der Waals surface area (Å²) in [6, 6.07) is 2.45. The lowest BCUT2D eigenvalue weighted by atomic mass is 10.3. The molecule has 0 aromatic carbocycles. The fourth-order valence-electron chi connectivity index (χ4n) is 1.30. The summed E-state index contributed by atoms with van der Waals surface area (Å²) in [6.07, 6.45) is 2.88. The summed E-state index contributed by atoms with van der Waals surface area (Å²) < 4.78 is 5.98. The molecule has 0 spiro atoms. The monoisotopic (exact) mass is 274 g/mol. The third-order valence-corrected chi connectivity index (χ3v) is 2.91. The van der Waals surface area contributed by atoms with Crippen LogP contribution in [0.2, 0.25) is 0 Å². The molecule has 86 valence electrons. The molecule has 1 rings (SSSR count). The number of furan rings is 1. The second-order valence-electron chi connectivity index (χ2n) is 3.71. The Morgan fingerprint density at radius 2 is 2.33 bits per heavy atom. The summed E-state index contributed by atoms with van der Waals surface area (Å²) in [6.45, 7) is 7.28. The molecule has 15 heavy (non-hydrogen) atoms. The maximum absolute atomic E-state index is 5.16. The van der Waals surface area contributed by atoms with Crippen LogP contribution in [0.4, 0.5) is 0 Å². The van der Waals surface area contributed by atoms with Gasteiger partial charge in [0.05, 0.1) is 6.26 Å². The van der Waals surface area contributed by atoms with Crippen molar-refractivity contribution in [3.05, 3.63) is 22.6 Å². The topological polar surface area (TPSA) is 37.2 Å². The Morgan fingerprint density at radius 1 is 1.53 bits per heavy atom. The highest BCUT2D eigenvalue weighted by Gasteiger charge is 2.04. The minimum Gasteiger partial charge on any atom is -0.457 e. The van der Waals surface area contributed by atoms with Crippen LogP contribution in [-0.2, 0) is 6.54 Å². The highest BCUT2D eigenvalue weighted by molar-refractivity contribution is 9.10. The van der Waals surface area contributed by atoms with Crippen molar-refractivity contribution >= 4 is 15.9 Å². The maximum Gasteiger partial charge on any atom is 0.173 e. The van der Waals surface area contributed by atoms with E-state index in [1.54, 1.807) is 6.26 Å². The van der Waals surface area contributed by atoms with Crippen molar-refractivity contribution in [2.75, 3.05) is 13.1 Å². The van der Waals surface area contributed by atoms with Crippen LogP contribution in [0.1, 0.15) is 25.8 Å². The van der Waals surface area contributed by atoms with Gasteiger partial charge in [0.1, 0.15) is 0 Å². The van der Waals surface area contributed by atoms with Gasteiger partial charge in [-0.15, -0.1) is 0 Å². The zero-order chi connectivity index (χ0) is 11.1. The first kappa shape index (κ1) is 12.7. The summed E-state index contributed by atoms with van der Waals surface area (Å²) in [7, 11) is 0. The molecule has 1 aromatic heterocycles. The van der Waals surface area contributed by atoms with Gasteiger partial charge in [0, 0.05) is 24.7 Å². The van der Waals surface area contributed by atoms with E-state index in [1.165, 1.54) is 6.42 Å². The molecular formula is C11H19BrN2O. The van der Waals surface area contributed by atoms with Crippen molar-refractivity contribution in [1.29, 1.82) is 0 Å². The summed E-state index contributed by atoms with van der Waals surface area (Å²) >= 11 is 3.36. The van der Waals surface area contributed by atoms with Gasteiger partial charge in [0.15, 0.2) is 4.67 Å². The molecule has 2 N–H and O–H groups in total. The average molecular weight is 275 g/mol. The van der Waals surface area contributed by atoms with Crippen LogP contribution >= 0.6 is 15.9 Å². The van der Waals surface area contributed by atoms with Crippen molar-refractivity contribution in [3.63, 3.8) is 0 Å². The fourth-order valence-corrected chi connectivity index (χ4v) is 1.68. The minimum atomic E-state index is 0.471. The molecule has 0 aliphatic heterocycles.